The van der Waals surface area contributed by atoms with Gasteiger partial charge in [0, 0.05) is 0 Å². The number of anilines is 1. The SMILES string of the molecule is CCCCC1(C)NC(=S)N(c2ccc(OC)cc2)N1. The van der Waals surface area contributed by atoms with Gasteiger partial charge in [0.1, 0.15) is 11.4 Å². The molecular formula is C14H21N3OS. The molecule has 2 N–H and O–H groups in total. The van der Waals surface area contributed by atoms with Crippen LogP contribution in [0.2, 0.25) is 0 Å². The maximum absolute atomic E-state index is 5.40. The summed E-state index contributed by atoms with van der Waals surface area (Å²) in [6, 6.07) is 7.85. The van der Waals surface area contributed by atoms with Crippen LogP contribution in [0.4, 0.5) is 5.69 Å². The highest BCUT2D eigenvalue weighted by atomic mass is 32.1. The van der Waals surface area contributed by atoms with Crippen LogP contribution in [0, 0.1) is 0 Å². The van der Waals surface area contributed by atoms with Crippen LogP contribution in [0.1, 0.15) is 33.1 Å². The van der Waals surface area contributed by atoms with Crippen LogP contribution in [0.15, 0.2) is 24.3 Å². The summed E-state index contributed by atoms with van der Waals surface area (Å²) in [6.07, 6.45) is 3.38. The van der Waals surface area contributed by atoms with Gasteiger partial charge < -0.3 is 10.1 Å². The van der Waals surface area contributed by atoms with E-state index in [1.807, 2.05) is 29.3 Å². The Hall–Kier alpha value is -1.33. The van der Waals surface area contributed by atoms with Crippen molar-refractivity contribution in [2.24, 2.45) is 0 Å². The van der Waals surface area contributed by atoms with E-state index < -0.39 is 0 Å². The number of unbranched alkanes of at least 4 members (excludes halogenated alkanes) is 1. The number of hydrogen-bond acceptors (Lipinski definition) is 3. The van der Waals surface area contributed by atoms with E-state index >= 15 is 0 Å². The number of ether oxygens (including phenoxy) is 1. The van der Waals surface area contributed by atoms with Gasteiger partial charge in [-0.3, -0.25) is 5.01 Å². The van der Waals surface area contributed by atoms with E-state index in [9.17, 15) is 0 Å². The molecule has 0 amide bonds. The molecule has 1 aromatic rings. The Balaban J connectivity index is 2.10. The zero-order valence-corrected chi connectivity index (χ0v) is 12.5. The van der Waals surface area contributed by atoms with Crippen LogP contribution in [0.5, 0.6) is 5.75 Å². The predicted octanol–water partition coefficient (Wildman–Crippen LogP) is 2.80. The van der Waals surface area contributed by atoms with Crippen molar-refractivity contribution < 1.29 is 4.74 Å². The normalized spacial score (nSPS) is 22.5. The van der Waals surface area contributed by atoms with Gasteiger partial charge in [-0.2, -0.15) is 0 Å². The van der Waals surface area contributed by atoms with Crippen LogP contribution >= 0.6 is 12.2 Å². The monoisotopic (exact) mass is 279 g/mol. The molecule has 4 nitrogen and oxygen atoms in total. The van der Waals surface area contributed by atoms with E-state index in [4.69, 9.17) is 17.0 Å². The maximum atomic E-state index is 5.40. The Morgan fingerprint density at radius 1 is 1.32 bits per heavy atom. The molecule has 104 valence electrons. The first kappa shape index (κ1) is 14.1. The minimum absolute atomic E-state index is 0.160. The van der Waals surface area contributed by atoms with E-state index in [1.54, 1.807) is 7.11 Å². The fourth-order valence-corrected chi connectivity index (χ4v) is 2.56. The molecule has 1 saturated heterocycles. The summed E-state index contributed by atoms with van der Waals surface area (Å²) in [4.78, 5) is 0. The van der Waals surface area contributed by atoms with Gasteiger partial charge in [0.2, 0.25) is 0 Å². The summed E-state index contributed by atoms with van der Waals surface area (Å²) in [6.45, 7) is 4.33. The molecule has 1 unspecified atom stereocenters. The van der Waals surface area contributed by atoms with Crippen molar-refractivity contribution >= 4 is 23.0 Å². The Kier molecular flexibility index (Phi) is 4.27. The first-order valence-electron chi connectivity index (χ1n) is 6.62. The molecule has 0 aliphatic carbocycles. The van der Waals surface area contributed by atoms with E-state index in [0.717, 1.165) is 24.3 Å². The summed E-state index contributed by atoms with van der Waals surface area (Å²) in [5.74, 6) is 0.843. The number of rotatable bonds is 5. The average Bonchev–Trinajstić information content (AvgIpc) is 2.72. The lowest BCUT2D eigenvalue weighted by molar-refractivity contribution is 0.337. The smallest absolute Gasteiger partial charge is 0.189 e. The molecule has 1 aliphatic rings. The third-order valence-electron chi connectivity index (χ3n) is 3.31. The molecule has 5 heteroatoms. The van der Waals surface area contributed by atoms with E-state index in [-0.39, 0.29) is 5.66 Å². The highest BCUT2D eigenvalue weighted by molar-refractivity contribution is 7.80. The summed E-state index contributed by atoms with van der Waals surface area (Å²) < 4.78 is 5.17. The minimum Gasteiger partial charge on any atom is -0.497 e. The first-order chi connectivity index (χ1) is 9.08. The molecular weight excluding hydrogens is 258 g/mol. The number of nitrogens with one attached hydrogen (secondary N) is 2. The number of hydrogen-bond donors (Lipinski definition) is 2. The number of thiocarbonyl (C=S) groups is 1. The molecule has 2 rings (SSSR count). The molecule has 1 atom stereocenters. The van der Waals surface area contributed by atoms with Crippen LogP contribution in [0.25, 0.3) is 0 Å². The molecule has 1 aliphatic heterocycles. The molecule has 1 heterocycles. The number of hydrazine groups is 1. The standard InChI is InChI=1S/C14H21N3OS/c1-4-5-10-14(2)15-13(19)17(16-14)11-6-8-12(18-3)9-7-11/h6-9,16H,4-5,10H2,1-3H3,(H,15,19). The highest BCUT2D eigenvalue weighted by Gasteiger charge is 2.35. The average molecular weight is 279 g/mol. The second kappa shape index (κ2) is 5.75. The highest BCUT2D eigenvalue weighted by Crippen LogP contribution is 2.24. The lowest BCUT2D eigenvalue weighted by Gasteiger charge is -2.25. The van der Waals surface area contributed by atoms with Gasteiger partial charge in [0.25, 0.3) is 0 Å². The molecule has 19 heavy (non-hydrogen) atoms. The molecule has 0 radical (unpaired) electrons. The number of nitrogens with zero attached hydrogens (tertiary/aromatic N) is 1. The quantitative estimate of drug-likeness (QED) is 0.811. The van der Waals surface area contributed by atoms with Gasteiger partial charge >= 0.3 is 0 Å². The Morgan fingerprint density at radius 3 is 2.58 bits per heavy atom. The van der Waals surface area contributed by atoms with Crippen molar-refractivity contribution in [1.82, 2.24) is 10.7 Å². The second-order valence-corrected chi connectivity index (χ2v) is 5.40. The molecule has 0 saturated carbocycles. The topological polar surface area (TPSA) is 36.5 Å². The Labute approximate surface area is 120 Å². The van der Waals surface area contributed by atoms with Crippen molar-refractivity contribution in [3.8, 4) is 5.75 Å². The zero-order chi connectivity index (χ0) is 13.9. The zero-order valence-electron chi connectivity index (χ0n) is 11.7. The third kappa shape index (κ3) is 3.16. The summed E-state index contributed by atoms with van der Waals surface area (Å²) >= 11 is 5.40. The second-order valence-electron chi connectivity index (χ2n) is 5.01. The molecule has 0 spiro atoms. The van der Waals surface area contributed by atoms with Crippen LogP contribution in [-0.2, 0) is 0 Å². The summed E-state index contributed by atoms with van der Waals surface area (Å²) in [5.41, 5.74) is 4.30. The van der Waals surface area contributed by atoms with Crippen molar-refractivity contribution in [2.75, 3.05) is 12.1 Å². The van der Waals surface area contributed by atoms with Crippen molar-refractivity contribution in [3.05, 3.63) is 24.3 Å². The maximum Gasteiger partial charge on any atom is 0.189 e. The van der Waals surface area contributed by atoms with Gasteiger partial charge in [-0.05, 0) is 56.2 Å². The van der Waals surface area contributed by atoms with E-state index in [0.29, 0.717) is 5.11 Å². The largest absolute Gasteiger partial charge is 0.497 e. The van der Waals surface area contributed by atoms with Crippen molar-refractivity contribution in [3.63, 3.8) is 0 Å². The number of methoxy groups -OCH3 is 1. The number of benzene rings is 1. The van der Waals surface area contributed by atoms with Crippen LogP contribution in [0.3, 0.4) is 0 Å². The Bertz CT molecular complexity index is 449. The first-order valence-corrected chi connectivity index (χ1v) is 7.03. The van der Waals surface area contributed by atoms with E-state index in [1.165, 1.54) is 6.42 Å². The molecule has 0 aromatic heterocycles. The fourth-order valence-electron chi connectivity index (χ4n) is 2.18. The third-order valence-corrected chi connectivity index (χ3v) is 3.59. The van der Waals surface area contributed by atoms with Crippen molar-refractivity contribution in [2.45, 2.75) is 38.8 Å². The fraction of sp³-hybridized carbons (Fsp3) is 0.500. The van der Waals surface area contributed by atoms with Gasteiger partial charge in [-0.25, -0.2) is 5.43 Å². The van der Waals surface area contributed by atoms with Crippen molar-refractivity contribution in [1.29, 1.82) is 0 Å². The summed E-state index contributed by atoms with van der Waals surface area (Å²) in [5, 5.41) is 5.99. The van der Waals surface area contributed by atoms with E-state index in [2.05, 4.69) is 24.6 Å². The van der Waals surface area contributed by atoms with Gasteiger partial charge in [-0.15, -0.1) is 0 Å². The predicted molar refractivity (Wildman–Crippen MR) is 82.3 cm³/mol. The van der Waals surface area contributed by atoms with Gasteiger partial charge in [0.15, 0.2) is 5.11 Å². The molecule has 1 fully saturated rings. The lowest BCUT2D eigenvalue weighted by Crippen LogP contribution is -2.48. The molecule has 1 aromatic carbocycles. The summed E-state index contributed by atoms with van der Waals surface area (Å²) in [7, 11) is 1.66. The van der Waals surface area contributed by atoms with Crippen LogP contribution in [-0.4, -0.2) is 17.9 Å². The van der Waals surface area contributed by atoms with Gasteiger partial charge in [0.05, 0.1) is 12.8 Å². The molecule has 0 bridgehead atoms. The van der Waals surface area contributed by atoms with Gasteiger partial charge in [-0.1, -0.05) is 13.3 Å². The lowest BCUT2D eigenvalue weighted by atomic mass is 10.1. The minimum atomic E-state index is -0.160. The van der Waals surface area contributed by atoms with Crippen LogP contribution < -0.4 is 20.5 Å². The Morgan fingerprint density at radius 2 is 2.00 bits per heavy atom.